The first kappa shape index (κ1) is 15.6. The summed E-state index contributed by atoms with van der Waals surface area (Å²) in [5, 5.41) is 2.96. The summed E-state index contributed by atoms with van der Waals surface area (Å²) in [5.41, 5.74) is 9.40. The Bertz CT molecular complexity index is 654. The van der Waals surface area contributed by atoms with Crippen molar-refractivity contribution in [3.8, 4) is 0 Å². The lowest BCUT2D eigenvalue weighted by molar-refractivity contribution is -0.117. The zero-order chi connectivity index (χ0) is 16.2. The fraction of sp³-hybridized carbons (Fsp3) is 0.333. The summed E-state index contributed by atoms with van der Waals surface area (Å²) < 4.78 is 0. The van der Waals surface area contributed by atoms with Gasteiger partial charge in [-0.3, -0.25) is 9.78 Å². The molecular formula is C18H22N4O. The molecule has 0 saturated carbocycles. The molecule has 2 aromatic rings. The van der Waals surface area contributed by atoms with Crippen LogP contribution < -0.4 is 16.2 Å². The van der Waals surface area contributed by atoms with Crippen LogP contribution in [0.4, 0.5) is 5.69 Å². The van der Waals surface area contributed by atoms with Crippen LogP contribution in [0.15, 0.2) is 48.8 Å². The van der Waals surface area contributed by atoms with E-state index in [9.17, 15) is 4.79 Å². The van der Waals surface area contributed by atoms with Gasteiger partial charge in [-0.1, -0.05) is 32.0 Å². The number of hydrogen-bond donors (Lipinski definition) is 3. The van der Waals surface area contributed by atoms with Crippen LogP contribution in [0.25, 0.3) is 0 Å². The summed E-state index contributed by atoms with van der Waals surface area (Å²) in [4.78, 5) is 16.5. The molecule has 2 unspecified atom stereocenters. The van der Waals surface area contributed by atoms with E-state index in [2.05, 4.69) is 47.1 Å². The van der Waals surface area contributed by atoms with Crippen LogP contribution in [0, 0.1) is 0 Å². The van der Waals surface area contributed by atoms with Gasteiger partial charge in [0.15, 0.2) is 0 Å². The van der Waals surface area contributed by atoms with Crippen molar-refractivity contribution in [2.75, 3.05) is 5.32 Å². The highest BCUT2D eigenvalue weighted by molar-refractivity contribution is 5.95. The molecule has 1 aromatic carbocycles. The molecule has 1 aliphatic heterocycles. The average Bonchev–Trinajstić information content (AvgIpc) is 3.06. The van der Waals surface area contributed by atoms with Crippen molar-refractivity contribution in [2.24, 2.45) is 0 Å². The number of carbonyl (C=O) groups excluding carboxylic acids is 1. The van der Waals surface area contributed by atoms with E-state index in [-0.39, 0.29) is 18.0 Å². The number of pyridine rings is 1. The highest BCUT2D eigenvalue weighted by Crippen LogP contribution is 2.22. The number of nitrogens with zero attached hydrogens (tertiary/aromatic N) is 1. The van der Waals surface area contributed by atoms with Gasteiger partial charge >= 0.3 is 0 Å². The van der Waals surface area contributed by atoms with Crippen LogP contribution in [0.1, 0.15) is 43.4 Å². The van der Waals surface area contributed by atoms with Crippen molar-refractivity contribution in [1.29, 1.82) is 0 Å². The average molecular weight is 310 g/mol. The minimum atomic E-state index is -0.259. The Morgan fingerprint density at radius 3 is 2.65 bits per heavy atom. The third kappa shape index (κ3) is 3.75. The molecule has 3 rings (SSSR count). The van der Waals surface area contributed by atoms with E-state index < -0.39 is 0 Å². The lowest BCUT2D eigenvalue weighted by Crippen LogP contribution is -2.39. The molecule has 1 amide bonds. The highest BCUT2D eigenvalue weighted by atomic mass is 16.2. The van der Waals surface area contributed by atoms with Gasteiger partial charge in [0.1, 0.15) is 6.04 Å². The lowest BCUT2D eigenvalue weighted by Gasteiger charge is -2.12. The molecule has 120 valence electrons. The monoisotopic (exact) mass is 310 g/mol. The molecule has 1 saturated heterocycles. The summed E-state index contributed by atoms with van der Waals surface area (Å²) >= 11 is 0. The minimum Gasteiger partial charge on any atom is -0.325 e. The predicted octanol–water partition coefficient (Wildman–Crippen LogP) is 2.75. The predicted molar refractivity (Wildman–Crippen MR) is 90.8 cm³/mol. The number of rotatable bonds is 4. The number of amides is 1. The van der Waals surface area contributed by atoms with Gasteiger partial charge in [0.05, 0.1) is 0 Å². The Kier molecular flexibility index (Phi) is 4.69. The third-order valence-electron chi connectivity index (χ3n) is 4.15. The fourth-order valence-electron chi connectivity index (χ4n) is 2.71. The van der Waals surface area contributed by atoms with E-state index in [1.165, 1.54) is 5.56 Å². The smallest absolute Gasteiger partial charge is 0.242 e. The largest absolute Gasteiger partial charge is 0.325 e. The number of benzene rings is 1. The number of aromatic nitrogens is 1. The molecule has 0 radical (unpaired) electrons. The second-order valence-corrected chi connectivity index (χ2v) is 6.18. The maximum absolute atomic E-state index is 12.4. The molecule has 0 spiro atoms. The Morgan fingerprint density at radius 2 is 2.00 bits per heavy atom. The number of anilines is 1. The van der Waals surface area contributed by atoms with Gasteiger partial charge in [-0.15, -0.1) is 0 Å². The van der Waals surface area contributed by atoms with Crippen molar-refractivity contribution in [3.05, 3.63) is 59.9 Å². The lowest BCUT2D eigenvalue weighted by atomic mass is 10.0. The molecule has 2 heterocycles. The molecule has 5 heteroatoms. The van der Waals surface area contributed by atoms with Gasteiger partial charge in [-0.2, -0.15) is 0 Å². The van der Waals surface area contributed by atoms with Crippen LogP contribution in [0.2, 0.25) is 0 Å². The summed E-state index contributed by atoms with van der Waals surface area (Å²) in [7, 11) is 0. The van der Waals surface area contributed by atoms with Gasteiger partial charge in [0, 0.05) is 24.1 Å². The first-order valence-corrected chi connectivity index (χ1v) is 7.95. The van der Waals surface area contributed by atoms with Crippen molar-refractivity contribution in [3.63, 3.8) is 0 Å². The van der Waals surface area contributed by atoms with Crippen LogP contribution in [0.3, 0.4) is 0 Å². The summed E-state index contributed by atoms with van der Waals surface area (Å²) in [6, 6.07) is 11.8. The number of nitrogens with one attached hydrogen (secondary N) is 3. The van der Waals surface area contributed by atoms with Gasteiger partial charge in [-0.25, -0.2) is 10.9 Å². The van der Waals surface area contributed by atoms with Gasteiger partial charge in [0.25, 0.3) is 0 Å². The van der Waals surface area contributed by atoms with Crippen LogP contribution in [0.5, 0.6) is 0 Å². The SMILES string of the molecule is CC(C)c1ccc(NC(=O)C2CC(c3cccnc3)NN2)cc1. The Hall–Kier alpha value is -2.24. The van der Waals surface area contributed by atoms with Crippen molar-refractivity contribution in [1.82, 2.24) is 15.8 Å². The molecule has 0 aliphatic carbocycles. The minimum absolute atomic E-state index is 0.0267. The molecule has 2 atom stereocenters. The van der Waals surface area contributed by atoms with Gasteiger partial charge in [-0.05, 0) is 41.7 Å². The Balaban J connectivity index is 1.59. The highest BCUT2D eigenvalue weighted by Gasteiger charge is 2.30. The van der Waals surface area contributed by atoms with Crippen LogP contribution in [-0.4, -0.2) is 16.9 Å². The van der Waals surface area contributed by atoms with Crippen LogP contribution in [-0.2, 0) is 4.79 Å². The maximum Gasteiger partial charge on any atom is 0.242 e. The number of carbonyl (C=O) groups is 1. The molecule has 1 aliphatic rings. The quantitative estimate of drug-likeness (QED) is 0.812. The van der Waals surface area contributed by atoms with E-state index in [1.54, 1.807) is 6.20 Å². The van der Waals surface area contributed by atoms with Gasteiger partial charge < -0.3 is 5.32 Å². The van der Waals surface area contributed by atoms with Crippen LogP contribution >= 0.6 is 0 Å². The van der Waals surface area contributed by atoms with E-state index >= 15 is 0 Å². The third-order valence-corrected chi connectivity index (χ3v) is 4.15. The molecule has 23 heavy (non-hydrogen) atoms. The van der Waals surface area contributed by atoms with Crippen molar-refractivity contribution >= 4 is 11.6 Å². The summed E-state index contributed by atoms with van der Waals surface area (Å²) in [6.07, 6.45) is 4.27. The molecule has 1 aromatic heterocycles. The first-order chi connectivity index (χ1) is 11.1. The molecule has 1 fully saturated rings. The fourth-order valence-corrected chi connectivity index (χ4v) is 2.71. The van der Waals surface area contributed by atoms with Gasteiger partial charge in [0.2, 0.25) is 5.91 Å². The molecular weight excluding hydrogens is 288 g/mol. The molecule has 5 nitrogen and oxygen atoms in total. The number of hydrazine groups is 1. The van der Waals surface area contributed by atoms with Crippen molar-refractivity contribution < 1.29 is 4.79 Å². The van der Waals surface area contributed by atoms with Crippen molar-refractivity contribution in [2.45, 2.75) is 38.3 Å². The standard InChI is InChI=1S/C18H22N4O/c1-12(2)13-5-7-15(8-6-13)20-18(23)17-10-16(21-22-17)14-4-3-9-19-11-14/h3-9,11-12,16-17,21-22H,10H2,1-2H3,(H,20,23). The summed E-state index contributed by atoms with van der Waals surface area (Å²) in [6.45, 7) is 4.31. The Morgan fingerprint density at radius 1 is 1.22 bits per heavy atom. The molecule has 3 N–H and O–H groups in total. The molecule has 0 bridgehead atoms. The zero-order valence-corrected chi connectivity index (χ0v) is 13.4. The zero-order valence-electron chi connectivity index (χ0n) is 13.4. The first-order valence-electron chi connectivity index (χ1n) is 7.95. The normalized spacial score (nSPS) is 20.7. The summed E-state index contributed by atoms with van der Waals surface area (Å²) in [5.74, 6) is 0.460. The second kappa shape index (κ2) is 6.89. The van der Waals surface area contributed by atoms with E-state index in [0.29, 0.717) is 12.3 Å². The van der Waals surface area contributed by atoms with E-state index in [0.717, 1.165) is 11.3 Å². The Labute approximate surface area is 136 Å². The van der Waals surface area contributed by atoms with E-state index in [4.69, 9.17) is 0 Å². The van der Waals surface area contributed by atoms with E-state index in [1.807, 2.05) is 30.5 Å². The topological polar surface area (TPSA) is 66.0 Å². The maximum atomic E-state index is 12.4. The number of hydrogen-bond acceptors (Lipinski definition) is 4. The second-order valence-electron chi connectivity index (χ2n) is 6.18.